The first-order chi connectivity index (χ1) is 10.8. The largest absolute Gasteiger partial charge is 0.476 e. The molecule has 0 radical (unpaired) electrons. The quantitative estimate of drug-likeness (QED) is 0.909. The second kappa shape index (κ2) is 6.94. The van der Waals surface area contributed by atoms with Crippen molar-refractivity contribution in [2.24, 2.45) is 4.99 Å². The number of hydrogen-bond donors (Lipinski definition) is 1. The van der Waals surface area contributed by atoms with E-state index in [0.717, 1.165) is 17.8 Å². The summed E-state index contributed by atoms with van der Waals surface area (Å²) in [5.74, 6) is 0.701. The van der Waals surface area contributed by atoms with Crippen molar-refractivity contribution in [3.05, 3.63) is 77.9 Å². The average Bonchev–Trinajstić information content (AvgIpc) is 3.09. The van der Waals surface area contributed by atoms with Gasteiger partial charge in [0.1, 0.15) is 6.61 Å². The van der Waals surface area contributed by atoms with E-state index in [2.05, 4.69) is 53.6 Å². The van der Waals surface area contributed by atoms with E-state index < -0.39 is 0 Å². The normalized spacial score (nSPS) is 15.9. The Kier molecular flexibility index (Phi) is 4.54. The van der Waals surface area contributed by atoms with Crippen molar-refractivity contribution in [2.45, 2.75) is 13.0 Å². The molecule has 1 aliphatic heterocycles. The summed E-state index contributed by atoms with van der Waals surface area (Å²) in [4.78, 5) is 4.36. The molecule has 3 rings (SSSR count). The van der Waals surface area contributed by atoms with Crippen molar-refractivity contribution in [3.63, 3.8) is 0 Å². The Morgan fingerprint density at radius 3 is 2.41 bits per heavy atom. The molecule has 0 bridgehead atoms. The van der Waals surface area contributed by atoms with Crippen molar-refractivity contribution >= 4 is 11.6 Å². The van der Waals surface area contributed by atoms with Crippen LogP contribution in [0.2, 0.25) is 0 Å². The molecule has 2 aromatic rings. The first-order valence-electron chi connectivity index (χ1n) is 7.59. The van der Waals surface area contributed by atoms with Crippen molar-refractivity contribution in [2.75, 3.05) is 13.2 Å². The Labute approximate surface area is 131 Å². The highest BCUT2D eigenvalue weighted by Crippen LogP contribution is 2.19. The highest BCUT2D eigenvalue weighted by atomic mass is 16.5. The predicted molar refractivity (Wildman–Crippen MR) is 90.7 cm³/mol. The predicted octanol–water partition coefficient (Wildman–Crippen LogP) is 3.81. The molecule has 0 aliphatic carbocycles. The van der Waals surface area contributed by atoms with Gasteiger partial charge in [-0.1, -0.05) is 60.7 Å². The maximum atomic E-state index is 5.53. The summed E-state index contributed by atoms with van der Waals surface area (Å²) in [6, 6.07) is 20.9. The fraction of sp³-hybridized carbons (Fsp3) is 0.211. The lowest BCUT2D eigenvalue weighted by Crippen LogP contribution is -2.18. The molecule has 112 valence electrons. The molecule has 1 heterocycles. The lowest BCUT2D eigenvalue weighted by atomic mass is 10.1. The molecule has 3 heteroatoms. The summed E-state index contributed by atoms with van der Waals surface area (Å²) < 4.78 is 5.53. The average molecular weight is 292 g/mol. The standard InChI is InChI=1S/C19H20N2O/c1-15(16-8-4-2-5-9-16)21-18(14-19-20-12-13-22-19)17-10-6-3-7-11-17/h2-11,14-15,21H,12-13H2,1H3/b18-14-/t15-/m1/s1. The van der Waals surface area contributed by atoms with Gasteiger partial charge in [0.2, 0.25) is 5.90 Å². The van der Waals surface area contributed by atoms with Crippen LogP contribution in [0.25, 0.3) is 5.70 Å². The lowest BCUT2D eigenvalue weighted by molar-refractivity contribution is 0.350. The molecule has 0 amide bonds. The minimum atomic E-state index is 0.203. The van der Waals surface area contributed by atoms with E-state index in [1.807, 2.05) is 30.3 Å². The number of benzene rings is 2. The highest BCUT2D eigenvalue weighted by Gasteiger charge is 2.11. The zero-order chi connectivity index (χ0) is 15.2. The number of nitrogens with zero attached hydrogens (tertiary/aromatic N) is 1. The van der Waals surface area contributed by atoms with Crippen LogP contribution in [0.3, 0.4) is 0 Å². The second-order valence-corrected chi connectivity index (χ2v) is 5.27. The summed E-state index contributed by atoms with van der Waals surface area (Å²) in [6.45, 7) is 3.56. The van der Waals surface area contributed by atoms with Gasteiger partial charge in [-0.3, -0.25) is 0 Å². The Bertz CT molecular complexity index is 662. The second-order valence-electron chi connectivity index (χ2n) is 5.27. The van der Waals surface area contributed by atoms with E-state index in [-0.39, 0.29) is 6.04 Å². The molecule has 0 spiro atoms. The molecular weight excluding hydrogens is 272 g/mol. The van der Waals surface area contributed by atoms with Gasteiger partial charge >= 0.3 is 0 Å². The van der Waals surface area contributed by atoms with E-state index >= 15 is 0 Å². The molecule has 0 aromatic heterocycles. The van der Waals surface area contributed by atoms with Gasteiger partial charge in [-0.05, 0) is 18.1 Å². The molecule has 0 saturated carbocycles. The third-order valence-electron chi connectivity index (χ3n) is 3.63. The van der Waals surface area contributed by atoms with Crippen LogP contribution in [-0.2, 0) is 4.74 Å². The van der Waals surface area contributed by atoms with Crippen molar-refractivity contribution in [3.8, 4) is 0 Å². The molecule has 3 nitrogen and oxygen atoms in total. The van der Waals surface area contributed by atoms with E-state index in [1.54, 1.807) is 0 Å². The zero-order valence-electron chi connectivity index (χ0n) is 12.7. The topological polar surface area (TPSA) is 33.6 Å². The van der Waals surface area contributed by atoms with E-state index in [0.29, 0.717) is 12.5 Å². The van der Waals surface area contributed by atoms with Crippen LogP contribution >= 0.6 is 0 Å². The summed E-state index contributed by atoms with van der Waals surface area (Å²) >= 11 is 0. The maximum absolute atomic E-state index is 5.53. The van der Waals surface area contributed by atoms with Crippen LogP contribution in [0.5, 0.6) is 0 Å². The minimum Gasteiger partial charge on any atom is -0.476 e. The van der Waals surface area contributed by atoms with Crippen LogP contribution in [-0.4, -0.2) is 19.0 Å². The zero-order valence-corrected chi connectivity index (χ0v) is 12.7. The van der Waals surface area contributed by atoms with Crippen LogP contribution in [0.4, 0.5) is 0 Å². The van der Waals surface area contributed by atoms with Gasteiger partial charge in [0.15, 0.2) is 0 Å². The van der Waals surface area contributed by atoms with Gasteiger partial charge in [0, 0.05) is 17.8 Å². The van der Waals surface area contributed by atoms with Crippen LogP contribution in [0, 0.1) is 0 Å². The summed E-state index contributed by atoms with van der Waals surface area (Å²) in [7, 11) is 0. The van der Waals surface area contributed by atoms with Gasteiger partial charge in [-0.25, -0.2) is 4.99 Å². The van der Waals surface area contributed by atoms with Crippen molar-refractivity contribution in [1.29, 1.82) is 0 Å². The maximum Gasteiger partial charge on any atom is 0.210 e. The first kappa shape index (κ1) is 14.4. The molecule has 1 aliphatic rings. The molecule has 0 fully saturated rings. The van der Waals surface area contributed by atoms with E-state index in [4.69, 9.17) is 4.74 Å². The van der Waals surface area contributed by atoms with Gasteiger partial charge in [-0.2, -0.15) is 0 Å². The molecule has 1 N–H and O–H groups in total. The fourth-order valence-corrected chi connectivity index (χ4v) is 2.45. The van der Waals surface area contributed by atoms with Crippen molar-refractivity contribution < 1.29 is 4.74 Å². The molecule has 22 heavy (non-hydrogen) atoms. The fourth-order valence-electron chi connectivity index (χ4n) is 2.45. The number of nitrogens with one attached hydrogen (secondary N) is 1. The third kappa shape index (κ3) is 3.55. The number of hydrogen-bond acceptors (Lipinski definition) is 3. The van der Waals surface area contributed by atoms with Gasteiger partial charge in [0.05, 0.1) is 6.54 Å². The molecule has 0 unspecified atom stereocenters. The SMILES string of the molecule is C[C@@H](N/C(=C\C1=NCCO1)c1ccccc1)c1ccccc1. The molecular formula is C19H20N2O. The van der Waals surface area contributed by atoms with E-state index in [9.17, 15) is 0 Å². The monoisotopic (exact) mass is 292 g/mol. The van der Waals surface area contributed by atoms with Gasteiger partial charge in [-0.15, -0.1) is 0 Å². The Balaban J connectivity index is 1.86. The van der Waals surface area contributed by atoms with Crippen molar-refractivity contribution in [1.82, 2.24) is 5.32 Å². The Hall–Kier alpha value is -2.55. The number of aliphatic imine (C=N–C) groups is 1. The Morgan fingerprint density at radius 1 is 1.09 bits per heavy atom. The number of rotatable bonds is 5. The molecule has 2 aromatic carbocycles. The first-order valence-corrected chi connectivity index (χ1v) is 7.59. The Morgan fingerprint density at radius 2 is 1.77 bits per heavy atom. The molecule has 1 atom stereocenters. The number of ether oxygens (including phenoxy) is 1. The third-order valence-corrected chi connectivity index (χ3v) is 3.63. The summed E-state index contributed by atoms with van der Waals surface area (Å²) in [5.41, 5.74) is 3.40. The van der Waals surface area contributed by atoms with Crippen LogP contribution in [0.15, 0.2) is 71.7 Å². The summed E-state index contributed by atoms with van der Waals surface area (Å²) in [5, 5.41) is 3.58. The van der Waals surface area contributed by atoms with Gasteiger partial charge in [0.25, 0.3) is 0 Å². The van der Waals surface area contributed by atoms with E-state index in [1.165, 1.54) is 5.56 Å². The van der Waals surface area contributed by atoms with Crippen LogP contribution < -0.4 is 5.32 Å². The smallest absolute Gasteiger partial charge is 0.210 e. The highest BCUT2D eigenvalue weighted by molar-refractivity contribution is 5.95. The molecule has 0 saturated heterocycles. The summed E-state index contributed by atoms with van der Waals surface area (Å²) in [6.07, 6.45) is 1.99. The van der Waals surface area contributed by atoms with Crippen LogP contribution in [0.1, 0.15) is 24.1 Å². The van der Waals surface area contributed by atoms with Gasteiger partial charge < -0.3 is 10.1 Å². The lowest BCUT2D eigenvalue weighted by Gasteiger charge is -2.19. The minimum absolute atomic E-state index is 0.203.